The molecule has 0 aliphatic carbocycles. The molecule has 5 nitrogen and oxygen atoms in total. The van der Waals surface area contributed by atoms with Crippen molar-refractivity contribution in [2.45, 2.75) is 18.0 Å². The number of hydrogen-bond donors (Lipinski definition) is 1. The Kier molecular flexibility index (Phi) is 4.40. The Bertz CT molecular complexity index is 551. The average molecular weight is 297 g/mol. The maximum atomic E-state index is 11.8. The first kappa shape index (κ1) is 15.3. The van der Waals surface area contributed by atoms with Gasteiger partial charge in [0.2, 0.25) is 0 Å². The first-order chi connectivity index (χ1) is 8.60. The Morgan fingerprint density at radius 1 is 1.26 bits per heavy atom. The quantitative estimate of drug-likeness (QED) is 0.926. The van der Waals surface area contributed by atoms with E-state index in [-0.39, 0.29) is 4.90 Å². The molecule has 0 radical (unpaired) electrons. The summed E-state index contributed by atoms with van der Waals surface area (Å²) < 4.78 is 63.6. The molecule has 0 aromatic heterocycles. The van der Waals surface area contributed by atoms with Gasteiger partial charge in [0, 0.05) is 0 Å². The third-order valence-corrected chi connectivity index (χ3v) is 3.24. The highest BCUT2D eigenvalue weighted by Gasteiger charge is 2.30. The van der Waals surface area contributed by atoms with Gasteiger partial charge < -0.3 is 4.74 Å². The zero-order valence-electron chi connectivity index (χ0n) is 9.69. The summed E-state index contributed by atoms with van der Waals surface area (Å²) in [6.45, 7) is -0.135. The minimum Gasteiger partial charge on any atom is -0.439 e. The van der Waals surface area contributed by atoms with Gasteiger partial charge in [-0.2, -0.15) is 13.2 Å². The Balaban J connectivity index is 2.70. The van der Waals surface area contributed by atoms with E-state index in [1.807, 2.05) is 0 Å². The normalized spacial score (nSPS) is 12.0. The van der Waals surface area contributed by atoms with Gasteiger partial charge in [0.25, 0.3) is 10.0 Å². The van der Waals surface area contributed by atoms with Crippen LogP contribution >= 0.6 is 0 Å². The van der Waals surface area contributed by atoms with Crippen LogP contribution in [0, 0.1) is 6.92 Å². The van der Waals surface area contributed by atoms with Crippen LogP contribution in [0.5, 0.6) is 0 Å². The van der Waals surface area contributed by atoms with Crippen LogP contribution in [0.15, 0.2) is 29.2 Å². The fraction of sp³-hybridized carbons (Fsp3) is 0.300. The van der Waals surface area contributed by atoms with E-state index < -0.39 is 28.9 Å². The van der Waals surface area contributed by atoms with E-state index in [1.54, 1.807) is 6.92 Å². The lowest BCUT2D eigenvalue weighted by molar-refractivity contribution is -0.160. The number of benzene rings is 1. The Morgan fingerprint density at radius 2 is 1.79 bits per heavy atom. The molecule has 19 heavy (non-hydrogen) atoms. The molecular weight excluding hydrogens is 287 g/mol. The molecule has 106 valence electrons. The highest BCUT2D eigenvalue weighted by Crippen LogP contribution is 2.15. The minimum absolute atomic E-state index is 0.248. The van der Waals surface area contributed by atoms with Gasteiger partial charge in [0.1, 0.15) is 0 Å². The number of rotatable bonds is 3. The zero-order chi connectivity index (χ0) is 14.7. The summed E-state index contributed by atoms with van der Waals surface area (Å²) in [6, 6.07) is 5.40. The van der Waals surface area contributed by atoms with Gasteiger partial charge in [-0.25, -0.2) is 17.9 Å². The number of halogens is 3. The maximum Gasteiger partial charge on any atom is 0.422 e. The van der Waals surface area contributed by atoms with Crippen molar-refractivity contribution >= 4 is 16.1 Å². The summed E-state index contributed by atoms with van der Waals surface area (Å²) in [5, 5.41) is 0. The smallest absolute Gasteiger partial charge is 0.422 e. The number of carbonyl (C=O) groups excluding carboxylic acids is 1. The van der Waals surface area contributed by atoms with Crippen LogP contribution in [0.25, 0.3) is 0 Å². The summed E-state index contributed by atoms with van der Waals surface area (Å²) in [6.07, 6.45) is -6.40. The molecule has 0 heterocycles. The van der Waals surface area contributed by atoms with Gasteiger partial charge in [0.15, 0.2) is 6.61 Å². The van der Waals surface area contributed by atoms with E-state index in [0.29, 0.717) is 0 Å². The minimum atomic E-state index is -4.72. The van der Waals surface area contributed by atoms with Crippen molar-refractivity contribution in [1.82, 2.24) is 4.72 Å². The Morgan fingerprint density at radius 3 is 2.26 bits per heavy atom. The van der Waals surface area contributed by atoms with Crippen LogP contribution in [-0.2, 0) is 14.8 Å². The average Bonchev–Trinajstić information content (AvgIpc) is 2.25. The molecule has 0 saturated heterocycles. The molecule has 0 atom stereocenters. The number of sulfonamides is 1. The molecule has 1 aromatic rings. The second kappa shape index (κ2) is 5.47. The number of carbonyl (C=O) groups is 1. The van der Waals surface area contributed by atoms with E-state index in [9.17, 15) is 26.4 Å². The largest absolute Gasteiger partial charge is 0.439 e. The van der Waals surface area contributed by atoms with Gasteiger partial charge in [-0.05, 0) is 19.1 Å². The number of amides is 1. The standard InChI is InChI=1S/C10H10F3NO4S/c1-7-2-4-8(5-3-7)19(16,17)14-9(15)18-6-10(11,12)13/h2-5H,6H2,1H3,(H,14,15). The van der Waals surface area contributed by atoms with E-state index in [1.165, 1.54) is 29.0 Å². The van der Waals surface area contributed by atoms with E-state index in [0.717, 1.165) is 5.56 Å². The third kappa shape index (κ3) is 5.16. The van der Waals surface area contributed by atoms with Crippen LogP contribution in [0.3, 0.4) is 0 Å². The number of alkyl halides is 3. The van der Waals surface area contributed by atoms with Crippen molar-refractivity contribution in [2.75, 3.05) is 6.61 Å². The summed E-state index contributed by atoms with van der Waals surface area (Å²) in [5.41, 5.74) is 0.790. The summed E-state index contributed by atoms with van der Waals surface area (Å²) in [7, 11) is -4.24. The number of aryl methyl sites for hydroxylation is 1. The van der Waals surface area contributed by atoms with Crippen LogP contribution in [0.1, 0.15) is 5.56 Å². The van der Waals surface area contributed by atoms with Gasteiger partial charge >= 0.3 is 12.3 Å². The second-order valence-electron chi connectivity index (χ2n) is 3.61. The van der Waals surface area contributed by atoms with Crippen molar-refractivity contribution in [2.24, 2.45) is 0 Å². The molecule has 0 fully saturated rings. The number of ether oxygens (including phenoxy) is 1. The highest BCUT2D eigenvalue weighted by molar-refractivity contribution is 7.90. The molecular formula is C10H10F3NO4S. The summed E-state index contributed by atoms with van der Waals surface area (Å²) in [5.74, 6) is 0. The Hall–Kier alpha value is -1.77. The van der Waals surface area contributed by atoms with Gasteiger partial charge in [-0.1, -0.05) is 17.7 Å². The predicted molar refractivity (Wildman–Crippen MR) is 58.9 cm³/mol. The molecule has 1 amide bonds. The lowest BCUT2D eigenvalue weighted by Gasteiger charge is -2.09. The molecule has 1 rings (SSSR count). The summed E-state index contributed by atoms with van der Waals surface area (Å²) >= 11 is 0. The summed E-state index contributed by atoms with van der Waals surface area (Å²) in [4.78, 5) is 10.7. The van der Waals surface area contributed by atoms with Gasteiger partial charge in [0.05, 0.1) is 4.90 Å². The van der Waals surface area contributed by atoms with Crippen molar-refractivity contribution in [3.8, 4) is 0 Å². The predicted octanol–water partition coefficient (Wildman–Crippen LogP) is 1.97. The van der Waals surface area contributed by atoms with Crippen molar-refractivity contribution in [3.05, 3.63) is 29.8 Å². The van der Waals surface area contributed by atoms with Crippen molar-refractivity contribution < 1.29 is 31.1 Å². The lowest BCUT2D eigenvalue weighted by Crippen LogP contribution is -2.33. The molecule has 0 aliphatic rings. The van der Waals surface area contributed by atoms with E-state index in [4.69, 9.17) is 0 Å². The SMILES string of the molecule is Cc1ccc(S(=O)(=O)NC(=O)OCC(F)(F)F)cc1. The number of nitrogens with one attached hydrogen (secondary N) is 1. The zero-order valence-corrected chi connectivity index (χ0v) is 10.5. The molecule has 9 heteroatoms. The third-order valence-electron chi connectivity index (χ3n) is 1.92. The monoisotopic (exact) mass is 297 g/mol. The first-order valence-electron chi connectivity index (χ1n) is 4.93. The molecule has 1 N–H and O–H groups in total. The van der Waals surface area contributed by atoms with Crippen LogP contribution < -0.4 is 4.72 Å². The van der Waals surface area contributed by atoms with E-state index in [2.05, 4.69) is 4.74 Å². The fourth-order valence-electron chi connectivity index (χ4n) is 1.06. The van der Waals surface area contributed by atoms with Crippen LogP contribution in [0.2, 0.25) is 0 Å². The molecule has 0 aliphatic heterocycles. The van der Waals surface area contributed by atoms with Crippen molar-refractivity contribution in [3.63, 3.8) is 0 Å². The topological polar surface area (TPSA) is 72.5 Å². The van der Waals surface area contributed by atoms with Crippen molar-refractivity contribution in [1.29, 1.82) is 0 Å². The van der Waals surface area contributed by atoms with Crippen LogP contribution in [0.4, 0.5) is 18.0 Å². The molecule has 1 aromatic carbocycles. The van der Waals surface area contributed by atoms with Crippen LogP contribution in [-0.4, -0.2) is 27.3 Å². The molecule has 0 spiro atoms. The fourth-order valence-corrected chi connectivity index (χ4v) is 1.95. The van der Waals surface area contributed by atoms with Gasteiger partial charge in [-0.3, -0.25) is 0 Å². The van der Waals surface area contributed by atoms with Gasteiger partial charge in [-0.15, -0.1) is 0 Å². The molecule has 0 saturated carbocycles. The molecule has 0 bridgehead atoms. The van der Waals surface area contributed by atoms with E-state index >= 15 is 0 Å². The lowest BCUT2D eigenvalue weighted by atomic mass is 10.2. The molecule has 0 unspecified atom stereocenters. The highest BCUT2D eigenvalue weighted by atomic mass is 32.2. The first-order valence-corrected chi connectivity index (χ1v) is 6.41. The second-order valence-corrected chi connectivity index (χ2v) is 5.29. The number of hydrogen-bond acceptors (Lipinski definition) is 4. The maximum absolute atomic E-state index is 11.8. The Labute approximate surface area is 107 Å².